The van der Waals surface area contributed by atoms with Crippen LogP contribution in [-0.4, -0.2) is 9.97 Å². The summed E-state index contributed by atoms with van der Waals surface area (Å²) in [5, 5.41) is 0.690. The number of nitrogens with zero attached hydrogens (tertiary/aromatic N) is 2. The Hall–Kier alpha value is -2.19. The molecule has 3 rings (SSSR count). The third-order valence-corrected chi connectivity index (χ3v) is 4.02. The molecule has 0 aliphatic heterocycles. The van der Waals surface area contributed by atoms with E-state index in [1.165, 1.54) is 0 Å². The molecule has 0 unspecified atom stereocenters. The summed E-state index contributed by atoms with van der Waals surface area (Å²) < 4.78 is 0. The smallest absolute Gasteiger partial charge is 0.0709 e. The van der Waals surface area contributed by atoms with Crippen LogP contribution in [0, 0.1) is 6.07 Å². The summed E-state index contributed by atoms with van der Waals surface area (Å²) in [6, 6.07) is 16.7. The van der Waals surface area contributed by atoms with Crippen LogP contribution in [0.2, 0.25) is 5.02 Å². The molecule has 0 saturated heterocycles. The van der Waals surface area contributed by atoms with Crippen molar-refractivity contribution >= 4 is 11.6 Å². The summed E-state index contributed by atoms with van der Waals surface area (Å²) in [5.41, 5.74) is 5.06. The van der Waals surface area contributed by atoms with Crippen LogP contribution in [0.25, 0.3) is 22.4 Å². The van der Waals surface area contributed by atoms with Crippen molar-refractivity contribution in [2.45, 2.75) is 26.2 Å². The van der Waals surface area contributed by atoms with Gasteiger partial charge >= 0.3 is 0 Å². The maximum absolute atomic E-state index is 6.28. The summed E-state index contributed by atoms with van der Waals surface area (Å²) in [4.78, 5) is 8.99. The van der Waals surface area contributed by atoms with E-state index >= 15 is 0 Å². The average molecular weight is 322 g/mol. The molecular weight excluding hydrogens is 304 g/mol. The zero-order chi connectivity index (χ0) is 16.4. The molecule has 0 spiro atoms. The van der Waals surface area contributed by atoms with Crippen molar-refractivity contribution in [3.05, 3.63) is 71.6 Å². The lowest BCUT2D eigenvalue weighted by Gasteiger charge is -2.18. The van der Waals surface area contributed by atoms with Gasteiger partial charge in [0.25, 0.3) is 0 Å². The summed E-state index contributed by atoms with van der Waals surface area (Å²) in [6.45, 7) is 6.47. The first-order valence-electron chi connectivity index (χ1n) is 7.54. The highest BCUT2D eigenvalue weighted by atomic mass is 35.5. The molecule has 2 aromatic heterocycles. The molecule has 3 heteroatoms. The van der Waals surface area contributed by atoms with Crippen LogP contribution >= 0.6 is 11.6 Å². The summed E-state index contributed by atoms with van der Waals surface area (Å²) in [5.74, 6) is 0. The zero-order valence-corrected chi connectivity index (χ0v) is 14.2. The third-order valence-electron chi connectivity index (χ3n) is 3.71. The van der Waals surface area contributed by atoms with Gasteiger partial charge in [-0.1, -0.05) is 44.5 Å². The zero-order valence-electron chi connectivity index (χ0n) is 13.5. The molecule has 0 atom stereocenters. The molecule has 2 heterocycles. The molecule has 0 aliphatic rings. The van der Waals surface area contributed by atoms with Crippen molar-refractivity contribution in [3.63, 3.8) is 0 Å². The van der Waals surface area contributed by atoms with E-state index in [0.29, 0.717) is 5.02 Å². The number of benzene rings is 1. The molecule has 0 N–H and O–H groups in total. The molecule has 1 aromatic carbocycles. The van der Waals surface area contributed by atoms with Gasteiger partial charge in [-0.2, -0.15) is 0 Å². The van der Waals surface area contributed by atoms with Gasteiger partial charge in [-0.3, -0.25) is 9.97 Å². The minimum Gasteiger partial charge on any atom is -0.261 e. The highest BCUT2D eigenvalue weighted by molar-refractivity contribution is 6.33. The maximum Gasteiger partial charge on any atom is 0.0709 e. The van der Waals surface area contributed by atoms with E-state index in [1.54, 1.807) is 6.07 Å². The fourth-order valence-corrected chi connectivity index (χ4v) is 2.64. The average Bonchev–Trinajstić information content (AvgIpc) is 2.55. The van der Waals surface area contributed by atoms with E-state index in [4.69, 9.17) is 11.6 Å². The van der Waals surface area contributed by atoms with Gasteiger partial charge < -0.3 is 0 Å². The fourth-order valence-electron chi connectivity index (χ4n) is 2.40. The lowest BCUT2D eigenvalue weighted by molar-refractivity contribution is 0.569. The van der Waals surface area contributed by atoms with E-state index in [2.05, 4.69) is 48.9 Å². The Morgan fingerprint density at radius 2 is 1.70 bits per heavy atom. The van der Waals surface area contributed by atoms with Crippen LogP contribution in [0.3, 0.4) is 0 Å². The number of rotatable bonds is 2. The number of hydrogen-bond donors (Lipinski definition) is 0. The summed E-state index contributed by atoms with van der Waals surface area (Å²) in [6.07, 6.45) is 3.66. The highest BCUT2D eigenvalue weighted by Crippen LogP contribution is 2.30. The van der Waals surface area contributed by atoms with Gasteiger partial charge in [0.2, 0.25) is 0 Å². The lowest BCUT2D eigenvalue weighted by Crippen LogP contribution is -2.13. The van der Waals surface area contributed by atoms with E-state index in [0.717, 1.165) is 28.1 Å². The Labute approximate surface area is 142 Å². The van der Waals surface area contributed by atoms with Gasteiger partial charge in [0.15, 0.2) is 0 Å². The quantitative estimate of drug-likeness (QED) is 0.617. The monoisotopic (exact) mass is 321 g/mol. The minimum atomic E-state index is 0.00614. The predicted octanol–water partition coefficient (Wildman–Crippen LogP) is 5.56. The molecule has 23 heavy (non-hydrogen) atoms. The van der Waals surface area contributed by atoms with Crippen LogP contribution in [0.5, 0.6) is 0 Å². The van der Waals surface area contributed by atoms with Gasteiger partial charge in [0.05, 0.1) is 5.69 Å². The van der Waals surface area contributed by atoms with Crippen molar-refractivity contribution in [1.82, 2.24) is 9.97 Å². The van der Waals surface area contributed by atoms with Crippen LogP contribution in [0.1, 0.15) is 26.5 Å². The first-order valence-corrected chi connectivity index (χ1v) is 7.92. The van der Waals surface area contributed by atoms with Gasteiger partial charge in [-0.25, -0.2) is 0 Å². The molecule has 0 saturated carbocycles. The van der Waals surface area contributed by atoms with E-state index in [1.807, 2.05) is 36.7 Å². The van der Waals surface area contributed by atoms with E-state index in [9.17, 15) is 0 Å². The Kier molecular flexibility index (Phi) is 4.18. The topological polar surface area (TPSA) is 25.8 Å². The van der Waals surface area contributed by atoms with Gasteiger partial charge in [0, 0.05) is 39.7 Å². The maximum atomic E-state index is 6.28. The van der Waals surface area contributed by atoms with E-state index < -0.39 is 0 Å². The lowest BCUT2D eigenvalue weighted by atomic mass is 9.90. The largest absolute Gasteiger partial charge is 0.261 e. The van der Waals surface area contributed by atoms with Gasteiger partial charge in [-0.15, -0.1) is 0 Å². The van der Waals surface area contributed by atoms with E-state index in [-0.39, 0.29) is 5.41 Å². The third kappa shape index (κ3) is 3.43. The van der Waals surface area contributed by atoms with Crippen molar-refractivity contribution in [1.29, 1.82) is 0 Å². The Morgan fingerprint density at radius 1 is 0.957 bits per heavy atom. The van der Waals surface area contributed by atoms with Crippen molar-refractivity contribution < 1.29 is 0 Å². The number of hydrogen-bond acceptors (Lipinski definition) is 2. The molecule has 1 radical (unpaired) electrons. The highest BCUT2D eigenvalue weighted by Gasteiger charge is 2.16. The molecule has 0 aliphatic carbocycles. The van der Waals surface area contributed by atoms with Crippen LogP contribution in [0.15, 0.2) is 54.9 Å². The molecule has 115 valence electrons. The number of aromatic nitrogens is 2. The molecule has 2 nitrogen and oxygen atoms in total. The normalized spacial score (nSPS) is 11.5. The SMILES string of the molecule is CC(C)(C)c1cc(-c2cc(-c3cc[c]cc3Cl)ccn2)ccn1. The predicted molar refractivity (Wildman–Crippen MR) is 95.5 cm³/mol. The molecule has 0 amide bonds. The minimum absolute atomic E-state index is 0.00614. The number of halogens is 1. The molecule has 0 bridgehead atoms. The van der Waals surface area contributed by atoms with Crippen molar-refractivity contribution in [3.8, 4) is 22.4 Å². The molecular formula is C20H18ClN2. The number of pyridine rings is 2. The second-order valence-corrected chi connectivity index (χ2v) is 6.92. The summed E-state index contributed by atoms with van der Waals surface area (Å²) >= 11 is 6.28. The van der Waals surface area contributed by atoms with Crippen LogP contribution in [0.4, 0.5) is 0 Å². The Bertz CT molecular complexity index is 835. The second kappa shape index (κ2) is 6.13. The second-order valence-electron chi connectivity index (χ2n) is 6.52. The molecule has 3 aromatic rings. The Morgan fingerprint density at radius 3 is 2.43 bits per heavy atom. The first kappa shape index (κ1) is 15.7. The van der Waals surface area contributed by atoms with Crippen molar-refractivity contribution in [2.75, 3.05) is 0 Å². The first-order chi connectivity index (χ1) is 10.9. The van der Waals surface area contributed by atoms with Crippen LogP contribution < -0.4 is 0 Å². The van der Waals surface area contributed by atoms with Crippen LogP contribution in [-0.2, 0) is 5.41 Å². The standard InChI is InChI=1S/C20H18ClN2/c1-20(2,3)19-13-15(9-11-23-19)18-12-14(8-10-22-18)16-6-4-5-7-17(16)21/h4,6-13H,1-3H3. The van der Waals surface area contributed by atoms with Crippen molar-refractivity contribution in [2.24, 2.45) is 0 Å². The Balaban J connectivity index is 2.06. The fraction of sp³-hybridized carbons (Fsp3) is 0.200. The summed E-state index contributed by atoms with van der Waals surface area (Å²) in [7, 11) is 0. The molecule has 0 fully saturated rings. The van der Waals surface area contributed by atoms with Gasteiger partial charge in [-0.05, 0) is 42.0 Å². The van der Waals surface area contributed by atoms with Gasteiger partial charge in [0.1, 0.15) is 0 Å².